The third kappa shape index (κ3) is 4.59. The second-order valence-electron chi connectivity index (χ2n) is 6.35. The van der Waals surface area contributed by atoms with E-state index in [2.05, 4.69) is 20.5 Å². The summed E-state index contributed by atoms with van der Waals surface area (Å²) in [6.07, 6.45) is 1.57. The number of aromatic amines is 2. The number of carbonyl (C=O) groups excluding carboxylic acids is 1. The van der Waals surface area contributed by atoms with Crippen LogP contribution in [0.25, 0.3) is 11.0 Å². The highest BCUT2D eigenvalue weighted by Crippen LogP contribution is 2.18. The van der Waals surface area contributed by atoms with Crippen LogP contribution in [0.3, 0.4) is 0 Å². The number of H-pyrrole nitrogens is 2. The predicted molar refractivity (Wildman–Crippen MR) is 116 cm³/mol. The summed E-state index contributed by atoms with van der Waals surface area (Å²) in [6, 6.07) is 22.7. The summed E-state index contributed by atoms with van der Waals surface area (Å²) in [4.78, 5) is 18.4. The van der Waals surface area contributed by atoms with Crippen LogP contribution in [0.4, 0.5) is 0 Å². The number of rotatable bonds is 6. The van der Waals surface area contributed by atoms with E-state index in [-0.39, 0.29) is 5.91 Å². The molecule has 144 valence electrons. The summed E-state index contributed by atoms with van der Waals surface area (Å²) in [5, 5.41) is 4.08. The third-order valence-corrected chi connectivity index (χ3v) is 4.51. The fourth-order valence-electron chi connectivity index (χ4n) is 2.85. The second kappa shape index (κ2) is 8.53. The maximum absolute atomic E-state index is 12.4. The molecule has 4 aromatic rings. The monoisotopic (exact) mass is 402 g/mol. The van der Waals surface area contributed by atoms with E-state index < -0.39 is 0 Å². The maximum atomic E-state index is 12.4. The van der Waals surface area contributed by atoms with E-state index in [0.29, 0.717) is 22.7 Å². The van der Waals surface area contributed by atoms with Crippen LogP contribution in [0, 0.1) is 4.77 Å². The molecule has 0 aliphatic carbocycles. The maximum Gasteiger partial charge on any atom is 0.271 e. The number of amides is 1. The number of carbonyl (C=O) groups is 1. The van der Waals surface area contributed by atoms with Crippen molar-refractivity contribution in [3.8, 4) is 5.75 Å². The number of para-hydroxylation sites is 1. The number of fused-ring (bicyclic) bond motifs is 1. The van der Waals surface area contributed by atoms with Crippen molar-refractivity contribution in [1.82, 2.24) is 15.4 Å². The summed E-state index contributed by atoms with van der Waals surface area (Å²) in [7, 11) is 0. The Kier molecular flexibility index (Phi) is 5.49. The van der Waals surface area contributed by atoms with Crippen LogP contribution in [-0.4, -0.2) is 22.1 Å². The Hall–Kier alpha value is -3.71. The van der Waals surface area contributed by atoms with Crippen LogP contribution in [0.15, 0.2) is 77.9 Å². The van der Waals surface area contributed by atoms with Gasteiger partial charge in [0.15, 0.2) is 4.77 Å². The molecule has 0 aliphatic heterocycles. The number of hydrazone groups is 1. The van der Waals surface area contributed by atoms with Crippen LogP contribution in [0.1, 0.15) is 21.5 Å². The molecule has 0 spiro atoms. The molecule has 0 bridgehead atoms. The molecule has 3 aromatic carbocycles. The Balaban J connectivity index is 1.43. The lowest BCUT2D eigenvalue weighted by atomic mass is 10.2. The summed E-state index contributed by atoms with van der Waals surface area (Å²) >= 11 is 5.06. The van der Waals surface area contributed by atoms with Crippen molar-refractivity contribution in [2.45, 2.75) is 6.61 Å². The van der Waals surface area contributed by atoms with Gasteiger partial charge in [0.1, 0.15) is 12.4 Å². The van der Waals surface area contributed by atoms with Crippen LogP contribution < -0.4 is 10.2 Å². The number of ether oxygens (including phenoxy) is 1. The average Bonchev–Trinajstić information content (AvgIpc) is 3.13. The zero-order valence-electron chi connectivity index (χ0n) is 15.4. The van der Waals surface area contributed by atoms with Gasteiger partial charge in [0, 0.05) is 11.1 Å². The van der Waals surface area contributed by atoms with Crippen LogP contribution in [-0.2, 0) is 6.61 Å². The van der Waals surface area contributed by atoms with Gasteiger partial charge in [-0.05, 0) is 48.1 Å². The molecule has 0 unspecified atom stereocenters. The Labute approximate surface area is 172 Å². The minimum atomic E-state index is -0.314. The molecule has 3 N–H and O–H groups in total. The van der Waals surface area contributed by atoms with Crippen molar-refractivity contribution >= 4 is 35.4 Å². The minimum Gasteiger partial charge on any atom is -0.488 e. The lowest BCUT2D eigenvalue weighted by Gasteiger charge is -2.09. The zero-order chi connectivity index (χ0) is 20.1. The van der Waals surface area contributed by atoms with E-state index in [1.54, 1.807) is 24.4 Å². The van der Waals surface area contributed by atoms with E-state index in [9.17, 15) is 4.79 Å². The minimum absolute atomic E-state index is 0.314. The highest BCUT2D eigenvalue weighted by Gasteiger charge is 2.07. The Morgan fingerprint density at radius 2 is 1.76 bits per heavy atom. The van der Waals surface area contributed by atoms with E-state index in [4.69, 9.17) is 17.0 Å². The first kappa shape index (κ1) is 18.6. The molecule has 1 heterocycles. The van der Waals surface area contributed by atoms with Gasteiger partial charge in [0.05, 0.1) is 17.2 Å². The molecule has 0 radical (unpaired) electrons. The molecule has 0 saturated heterocycles. The zero-order valence-corrected chi connectivity index (χ0v) is 16.2. The summed E-state index contributed by atoms with van der Waals surface area (Å²) in [5.74, 6) is 0.377. The molecular formula is C22H18N4O2S. The number of hydrogen-bond donors (Lipinski definition) is 3. The molecule has 1 amide bonds. The normalized spacial score (nSPS) is 11.0. The van der Waals surface area contributed by atoms with Crippen molar-refractivity contribution in [3.05, 3.63) is 94.3 Å². The van der Waals surface area contributed by atoms with Gasteiger partial charge in [-0.25, -0.2) is 5.43 Å². The van der Waals surface area contributed by atoms with Crippen LogP contribution in [0.2, 0.25) is 0 Å². The fourth-order valence-corrected chi connectivity index (χ4v) is 3.07. The summed E-state index contributed by atoms with van der Waals surface area (Å²) in [5.41, 5.74) is 6.49. The number of aromatic nitrogens is 2. The molecule has 6 nitrogen and oxygen atoms in total. The predicted octanol–water partition coefficient (Wildman–Crippen LogP) is 4.57. The first-order valence-electron chi connectivity index (χ1n) is 9.00. The molecule has 0 atom stereocenters. The van der Waals surface area contributed by atoms with Gasteiger partial charge in [0.2, 0.25) is 0 Å². The van der Waals surface area contributed by atoms with Gasteiger partial charge in [-0.3, -0.25) is 4.79 Å². The van der Waals surface area contributed by atoms with Crippen molar-refractivity contribution in [1.29, 1.82) is 0 Å². The van der Waals surface area contributed by atoms with E-state index >= 15 is 0 Å². The SMILES string of the molecule is O=C(N/N=C\c1ccccc1OCc1ccccc1)c1ccc2[nH]c(=S)[nH]c2c1. The molecular weight excluding hydrogens is 384 g/mol. The Morgan fingerprint density at radius 1 is 1.00 bits per heavy atom. The molecule has 4 rings (SSSR count). The third-order valence-electron chi connectivity index (χ3n) is 4.30. The first-order chi connectivity index (χ1) is 14.2. The first-order valence-corrected chi connectivity index (χ1v) is 9.41. The summed E-state index contributed by atoms with van der Waals surface area (Å²) < 4.78 is 6.41. The van der Waals surface area contributed by atoms with Crippen LogP contribution in [0.5, 0.6) is 5.75 Å². The molecule has 7 heteroatoms. The van der Waals surface area contributed by atoms with Crippen molar-refractivity contribution < 1.29 is 9.53 Å². The topological polar surface area (TPSA) is 82.3 Å². The van der Waals surface area contributed by atoms with Gasteiger partial charge in [-0.15, -0.1) is 0 Å². The highest BCUT2D eigenvalue weighted by molar-refractivity contribution is 7.71. The Bertz CT molecular complexity index is 1230. The fraction of sp³-hybridized carbons (Fsp3) is 0.0455. The number of imidazole rings is 1. The standard InChI is InChI=1S/C22H18N4O2S/c27-21(16-10-11-18-19(12-16)25-22(29)24-18)26-23-13-17-8-4-5-9-20(17)28-14-15-6-2-1-3-7-15/h1-13H,14H2,(H,26,27)(H2,24,25,29)/b23-13-. The number of hydrogen-bond acceptors (Lipinski definition) is 4. The van der Waals surface area contributed by atoms with E-state index in [1.807, 2.05) is 54.6 Å². The summed E-state index contributed by atoms with van der Waals surface area (Å²) in [6.45, 7) is 0.454. The van der Waals surface area contributed by atoms with Gasteiger partial charge in [0.25, 0.3) is 5.91 Å². The van der Waals surface area contributed by atoms with Crippen molar-refractivity contribution in [3.63, 3.8) is 0 Å². The number of nitrogens with one attached hydrogen (secondary N) is 3. The molecule has 0 fully saturated rings. The highest BCUT2D eigenvalue weighted by atomic mass is 32.1. The van der Waals surface area contributed by atoms with Gasteiger partial charge < -0.3 is 14.7 Å². The van der Waals surface area contributed by atoms with E-state index in [0.717, 1.165) is 22.2 Å². The van der Waals surface area contributed by atoms with Gasteiger partial charge in [-0.2, -0.15) is 5.10 Å². The lowest BCUT2D eigenvalue weighted by Crippen LogP contribution is -2.17. The van der Waals surface area contributed by atoms with Crippen molar-refractivity contribution in [2.75, 3.05) is 0 Å². The molecule has 29 heavy (non-hydrogen) atoms. The van der Waals surface area contributed by atoms with Crippen molar-refractivity contribution in [2.24, 2.45) is 5.10 Å². The largest absolute Gasteiger partial charge is 0.488 e. The van der Waals surface area contributed by atoms with Gasteiger partial charge in [-0.1, -0.05) is 42.5 Å². The van der Waals surface area contributed by atoms with E-state index in [1.165, 1.54) is 0 Å². The van der Waals surface area contributed by atoms with Gasteiger partial charge >= 0.3 is 0 Å². The smallest absolute Gasteiger partial charge is 0.271 e. The molecule has 1 aromatic heterocycles. The number of nitrogens with zero attached hydrogens (tertiary/aromatic N) is 1. The average molecular weight is 402 g/mol. The molecule has 0 aliphatic rings. The lowest BCUT2D eigenvalue weighted by molar-refractivity contribution is 0.0955. The quantitative estimate of drug-likeness (QED) is 0.251. The Morgan fingerprint density at radius 3 is 2.62 bits per heavy atom. The number of benzene rings is 3. The molecule has 0 saturated carbocycles. The second-order valence-corrected chi connectivity index (χ2v) is 6.76. The van der Waals surface area contributed by atoms with Crippen LogP contribution >= 0.6 is 12.2 Å².